The van der Waals surface area contributed by atoms with Gasteiger partial charge in [-0.25, -0.2) is 15.0 Å². The van der Waals surface area contributed by atoms with Crippen LogP contribution in [0.3, 0.4) is 0 Å². The summed E-state index contributed by atoms with van der Waals surface area (Å²) in [6, 6.07) is 37.5. The van der Waals surface area contributed by atoms with Crippen molar-refractivity contribution in [3.63, 3.8) is 0 Å². The Morgan fingerprint density at radius 1 is 0.585 bits per heavy atom. The molecule has 0 fully saturated rings. The quantitative estimate of drug-likeness (QED) is 0.229. The molecule has 0 aliphatic heterocycles. The van der Waals surface area contributed by atoms with Gasteiger partial charge in [0.25, 0.3) is 0 Å². The fourth-order valence-electron chi connectivity index (χ4n) is 5.86. The first-order chi connectivity index (χ1) is 20.3. The van der Waals surface area contributed by atoms with Gasteiger partial charge in [-0.05, 0) is 35.1 Å². The summed E-state index contributed by atoms with van der Waals surface area (Å²) in [5, 5.41) is 4.24. The summed E-state index contributed by atoms with van der Waals surface area (Å²) >= 11 is 0. The van der Waals surface area contributed by atoms with Crippen molar-refractivity contribution in [2.24, 2.45) is 0 Å². The van der Waals surface area contributed by atoms with E-state index in [9.17, 15) is 0 Å². The molecule has 1 atom stereocenters. The molecule has 0 spiro atoms. The smallest absolute Gasteiger partial charge is 0.164 e. The molecule has 2 aromatic heterocycles. The molecular formula is C37H25N3O. The summed E-state index contributed by atoms with van der Waals surface area (Å²) in [5.41, 5.74) is 5.97. The highest BCUT2D eigenvalue weighted by molar-refractivity contribution is 6.21. The van der Waals surface area contributed by atoms with Gasteiger partial charge in [-0.3, -0.25) is 0 Å². The molecule has 0 N–H and O–H groups in total. The van der Waals surface area contributed by atoms with Crippen molar-refractivity contribution in [1.82, 2.24) is 15.0 Å². The van der Waals surface area contributed by atoms with Gasteiger partial charge < -0.3 is 4.42 Å². The van der Waals surface area contributed by atoms with Crippen LogP contribution in [0.2, 0.25) is 0 Å². The molecular weight excluding hydrogens is 502 g/mol. The normalized spacial score (nSPS) is 14.8. The van der Waals surface area contributed by atoms with Gasteiger partial charge in [0, 0.05) is 33.2 Å². The minimum absolute atomic E-state index is 0.0960. The number of rotatable bonds is 4. The lowest BCUT2D eigenvalue weighted by molar-refractivity contribution is 0.673. The second-order valence-electron chi connectivity index (χ2n) is 10.4. The molecule has 194 valence electrons. The van der Waals surface area contributed by atoms with Crippen LogP contribution in [0.4, 0.5) is 0 Å². The molecule has 0 radical (unpaired) electrons. The van der Waals surface area contributed by atoms with Crippen LogP contribution >= 0.6 is 0 Å². The van der Waals surface area contributed by atoms with E-state index in [0.29, 0.717) is 11.6 Å². The molecule has 41 heavy (non-hydrogen) atoms. The van der Waals surface area contributed by atoms with Gasteiger partial charge in [0.1, 0.15) is 17.0 Å². The van der Waals surface area contributed by atoms with E-state index < -0.39 is 0 Å². The van der Waals surface area contributed by atoms with Crippen molar-refractivity contribution in [2.45, 2.75) is 12.3 Å². The van der Waals surface area contributed by atoms with Crippen LogP contribution < -0.4 is 0 Å². The lowest BCUT2D eigenvalue weighted by Gasteiger charge is -2.15. The van der Waals surface area contributed by atoms with E-state index in [0.717, 1.165) is 67.2 Å². The van der Waals surface area contributed by atoms with Gasteiger partial charge in [-0.15, -0.1) is 0 Å². The fourth-order valence-corrected chi connectivity index (χ4v) is 5.86. The zero-order chi connectivity index (χ0) is 27.2. The third kappa shape index (κ3) is 4.04. The van der Waals surface area contributed by atoms with E-state index in [1.54, 1.807) is 0 Å². The molecule has 1 unspecified atom stereocenters. The molecule has 7 aromatic rings. The number of hydrogen-bond donors (Lipinski definition) is 0. The van der Waals surface area contributed by atoms with Gasteiger partial charge >= 0.3 is 0 Å². The first-order valence-corrected chi connectivity index (χ1v) is 13.9. The van der Waals surface area contributed by atoms with Crippen LogP contribution in [-0.2, 0) is 0 Å². The molecule has 8 rings (SSSR count). The van der Waals surface area contributed by atoms with Crippen LogP contribution in [0.25, 0.3) is 66.6 Å². The summed E-state index contributed by atoms with van der Waals surface area (Å²) < 4.78 is 6.56. The zero-order valence-corrected chi connectivity index (χ0v) is 22.2. The maximum atomic E-state index is 6.56. The van der Waals surface area contributed by atoms with Crippen molar-refractivity contribution in [3.8, 4) is 33.9 Å². The Labute approximate surface area is 237 Å². The third-order valence-corrected chi connectivity index (χ3v) is 7.83. The number of nitrogens with zero attached hydrogens (tertiary/aromatic N) is 3. The monoisotopic (exact) mass is 527 g/mol. The molecule has 1 aliphatic rings. The fraction of sp³-hybridized carbons (Fsp3) is 0.0541. The lowest BCUT2D eigenvalue weighted by atomic mass is 9.95. The molecule has 1 aliphatic carbocycles. The molecule has 4 heteroatoms. The second kappa shape index (κ2) is 9.68. The zero-order valence-electron chi connectivity index (χ0n) is 22.2. The summed E-state index contributed by atoms with van der Waals surface area (Å²) in [6.45, 7) is 0. The van der Waals surface area contributed by atoms with Crippen molar-refractivity contribution >= 4 is 32.7 Å². The number of benzene rings is 5. The van der Waals surface area contributed by atoms with Crippen molar-refractivity contribution in [2.75, 3.05) is 0 Å². The number of hydrogen-bond acceptors (Lipinski definition) is 4. The van der Waals surface area contributed by atoms with Crippen molar-refractivity contribution in [1.29, 1.82) is 0 Å². The molecule has 0 amide bonds. The lowest BCUT2D eigenvalue weighted by Crippen LogP contribution is -2.08. The number of aromatic nitrogens is 3. The van der Waals surface area contributed by atoms with E-state index in [2.05, 4.69) is 103 Å². The van der Waals surface area contributed by atoms with Crippen molar-refractivity contribution < 1.29 is 4.42 Å². The Balaban J connectivity index is 1.44. The molecule has 2 heterocycles. The first-order valence-electron chi connectivity index (χ1n) is 13.9. The first kappa shape index (κ1) is 23.5. The Morgan fingerprint density at radius 2 is 1.32 bits per heavy atom. The van der Waals surface area contributed by atoms with E-state index >= 15 is 0 Å². The molecule has 0 saturated carbocycles. The summed E-state index contributed by atoms with van der Waals surface area (Å²) in [4.78, 5) is 15.2. The van der Waals surface area contributed by atoms with Crippen LogP contribution in [0.5, 0.6) is 0 Å². The standard InChI is InChI=1S/C37H25N3O/c1-4-13-24(14-5-1)27-21-12-22-32-33(27)31-23-30(28-19-10-11-20-29(28)34(31)41-32)37-39-35(25-15-6-2-7-16-25)38-36(40-37)26-17-8-3-9-18-26/h1-17,19-23,26H,18H2. The highest BCUT2D eigenvalue weighted by atomic mass is 16.3. The number of fused-ring (bicyclic) bond motifs is 5. The van der Waals surface area contributed by atoms with Crippen LogP contribution in [0, 0.1) is 0 Å². The van der Waals surface area contributed by atoms with E-state index in [4.69, 9.17) is 19.4 Å². The average Bonchev–Trinajstić information content (AvgIpc) is 3.44. The Bertz CT molecular complexity index is 2130. The highest BCUT2D eigenvalue weighted by Crippen LogP contribution is 2.42. The molecule has 0 bridgehead atoms. The maximum Gasteiger partial charge on any atom is 0.164 e. The largest absolute Gasteiger partial charge is 0.455 e. The summed E-state index contributed by atoms with van der Waals surface area (Å²) in [7, 11) is 0. The minimum Gasteiger partial charge on any atom is -0.455 e. The van der Waals surface area contributed by atoms with E-state index in [1.807, 2.05) is 30.3 Å². The molecule has 4 nitrogen and oxygen atoms in total. The topological polar surface area (TPSA) is 51.8 Å². The number of furan rings is 1. The Kier molecular flexibility index (Phi) is 5.56. The number of allylic oxidation sites excluding steroid dienone is 4. The van der Waals surface area contributed by atoms with E-state index in [-0.39, 0.29) is 5.92 Å². The SMILES string of the molecule is C1=CCC(c2nc(-c3ccccc3)nc(-c3cc4c(oc5cccc(-c6ccccc6)c54)c4ccccc34)n2)C=C1. The van der Waals surface area contributed by atoms with Crippen LogP contribution in [0.1, 0.15) is 18.2 Å². The average molecular weight is 528 g/mol. The Hall–Kier alpha value is -5.35. The van der Waals surface area contributed by atoms with Crippen LogP contribution in [0.15, 0.2) is 138 Å². The highest BCUT2D eigenvalue weighted by Gasteiger charge is 2.21. The van der Waals surface area contributed by atoms with Gasteiger partial charge in [0.2, 0.25) is 0 Å². The maximum absolute atomic E-state index is 6.56. The molecule has 0 saturated heterocycles. The van der Waals surface area contributed by atoms with Gasteiger partial charge in [0.05, 0.1) is 0 Å². The van der Waals surface area contributed by atoms with Gasteiger partial charge in [-0.2, -0.15) is 0 Å². The molecule has 5 aromatic carbocycles. The van der Waals surface area contributed by atoms with Gasteiger partial charge in [0.15, 0.2) is 11.6 Å². The third-order valence-electron chi connectivity index (χ3n) is 7.83. The van der Waals surface area contributed by atoms with Crippen molar-refractivity contribution in [3.05, 3.63) is 139 Å². The van der Waals surface area contributed by atoms with Gasteiger partial charge in [-0.1, -0.05) is 121 Å². The second-order valence-corrected chi connectivity index (χ2v) is 10.4. The predicted octanol–water partition coefficient (Wildman–Crippen LogP) is 9.52. The Morgan fingerprint density at radius 3 is 2.10 bits per heavy atom. The predicted molar refractivity (Wildman–Crippen MR) is 167 cm³/mol. The van der Waals surface area contributed by atoms with Crippen LogP contribution in [-0.4, -0.2) is 15.0 Å². The van der Waals surface area contributed by atoms with E-state index in [1.165, 1.54) is 0 Å². The summed E-state index contributed by atoms with van der Waals surface area (Å²) in [6.07, 6.45) is 9.35. The summed E-state index contributed by atoms with van der Waals surface area (Å²) in [5.74, 6) is 2.22. The minimum atomic E-state index is 0.0960.